The molecular weight excluding hydrogens is 305 g/mol. The molecule has 2 heterocycles. The number of ether oxygens (including phenoxy) is 1. The van der Waals surface area contributed by atoms with E-state index in [1.807, 2.05) is 0 Å². The summed E-state index contributed by atoms with van der Waals surface area (Å²) < 4.78 is 19.9. The molecule has 120 valence electrons. The standard InChI is InChI=1S/C15H14FN3O4/c1-7-17-9-5-8(16)6-11(23-2)13(9)15(22)19(7)10-3-4-12(20)18-14(10)21/h5-6,10H,3-4H2,1-2H3,(H,18,20,21). The predicted molar refractivity (Wildman–Crippen MR) is 78.7 cm³/mol. The molecule has 1 aliphatic heterocycles. The summed E-state index contributed by atoms with van der Waals surface area (Å²) in [6.07, 6.45) is 0.350. The van der Waals surface area contributed by atoms with Crippen LogP contribution in [0.15, 0.2) is 16.9 Å². The Kier molecular flexibility index (Phi) is 3.59. The maximum Gasteiger partial charge on any atom is 0.265 e. The number of imide groups is 1. The van der Waals surface area contributed by atoms with Crippen LogP contribution < -0.4 is 15.6 Å². The highest BCUT2D eigenvalue weighted by Gasteiger charge is 2.31. The van der Waals surface area contributed by atoms with E-state index in [4.69, 9.17) is 4.74 Å². The van der Waals surface area contributed by atoms with Crippen LogP contribution in [0.2, 0.25) is 0 Å². The summed E-state index contributed by atoms with van der Waals surface area (Å²) in [4.78, 5) is 40.4. The van der Waals surface area contributed by atoms with E-state index in [0.29, 0.717) is 0 Å². The van der Waals surface area contributed by atoms with Crippen LogP contribution in [0.4, 0.5) is 4.39 Å². The second kappa shape index (κ2) is 5.45. The van der Waals surface area contributed by atoms with Crippen molar-refractivity contribution in [3.63, 3.8) is 0 Å². The maximum atomic E-state index is 13.6. The highest BCUT2D eigenvalue weighted by molar-refractivity contribution is 5.99. The van der Waals surface area contributed by atoms with Gasteiger partial charge in [-0.05, 0) is 13.3 Å². The minimum atomic E-state index is -0.827. The topological polar surface area (TPSA) is 90.3 Å². The number of methoxy groups -OCH3 is 1. The van der Waals surface area contributed by atoms with E-state index in [9.17, 15) is 18.8 Å². The van der Waals surface area contributed by atoms with Gasteiger partial charge in [0.25, 0.3) is 5.56 Å². The van der Waals surface area contributed by atoms with Crippen LogP contribution in [-0.4, -0.2) is 28.5 Å². The highest BCUT2D eigenvalue weighted by atomic mass is 19.1. The van der Waals surface area contributed by atoms with Crippen molar-refractivity contribution >= 4 is 22.7 Å². The first-order chi connectivity index (χ1) is 10.9. The van der Waals surface area contributed by atoms with Crippen molar-refractivity contribution in [2.24, 2.45) is 0 Å². The molecule has 8 heteroatoms. The number of rotatable bonds is 2. The summed E-state index contributed by atoms with van der Waals surface area (Å²) in [5.74, 6) is -1.17. The predicted octanol–water partition coefficient (Wildman–Crippen LogP) is 0.830. The maximum absolute atomic E-state index is 13.6. The highest BCUT2D eigenvalue weighted by Crippen LogP contribution is 2.25. The zero-order valence-corrected chi connectivity index (χ0v) is 12.6. The Morgan fingerprint density at radius 1 is 1.35 bits per heavy atom. The number of piperidine rings is 1. The fraction of sp³-hybridized carbons (Fsp3) is 0.333. The third kappa shape index (κ3) is 2.45. The number of benzene rings is 1. The molecule has 1 unspecified atom stereocenters. The summed E-state index contributed by atoms with van der Waals surface area (Å²) in [6.45, 7) is 1.56. The van der Waals surface area contributed by atoms with Crippen molar-refractivity contribution in [3.8, 4) is 5.75 Å². The van der Waals surface area contributed by atoms with E-state index in [2.05, 4.69) is 10.3 Å². The zero-order chi connectivity index (χ0) is 16.7. The van der Waals surface area contributed by atoms with Crippen molar-refractivity contribution in [2.75, 3.05) is 7.11 Å². The number of aryl methyl sites for hydroxylation is 1. The van der Waals surface area contributed by atoms with Crippen LogP contribution in [0.1, 0.15) is 24.7 Å². The van der Waals surface area contributed by atoms with Crippen molar-refractivity contribution in [1.29, 1.82) is 0 Å². The van der Waals surface area contributed by atoms with Crippen LogP contribution in [0.5, 0.6) is 5.75 Å². The lowest BCUT2D eigenvalue weighted by atomic mass is 10.1. The summed E-state index contributed by atoms with van der Waals surface area (Å²) in [7, 11) is 1.32. The van der Waals surface area contributed by atoms with Gasteiger partial charge in [-0.1, -0.05) is 0 Å². The minimum Gasteiger partial charge on any atom is -0.496 e. The van der Waals surface area contributed by atoms with Crippen LogP contribution >= 0.6 is 0 Å². The number of carbonyl (C=O) groups is 2. The Hall–Kier alpha value is -2.77. The summed E-state index contributed by atoms with van der Waals surface area (Å²) in [6, 6.07) is 1.41. The Balaban J connectivity index is 2.26. The quantitative estimate of drug-likeness (QED) is 0.828. The van der Waals surface area contributed by atoms with Gasteiger partial charge in [-0.3, -0.25) is 24.3 Å². The van der Waals surface area contributed by atoms with E-state index in [0.717, 1.165) is 12.1 Å². The minimum absolute atomic E-state index is 0.0542. The smallest absolute Gasteiger partial charge is 0.265 e. The number of nitrogens with one attached hydrogen (secondary N) is 1. The number of hydrogen-bond acceptors (Lipinski definition) is 5. The van der Waals surface area contributed by atoms with E-state index in [-0.39, 0.29) is 41.2 Å². The Morgan fingerprint density at radius 2 is 2.09 bits per heavy atom. The molecule has 3 rings (SSSR count). The normalized spacial score (nSPS) is 18.1. The number of nitrogens with zero attached hydrogens (tertiary/aromatic N) is 2. The molecule has 1 N–H and O–H groups in total. The fourth-order valence-corrected chi connectivity index (χ4v) is 2.82. The molecule has 2 amide bonds. The van der Waals surface area contributed by atoms with Gasteiger partial charge in [-0.15, -0.1) is 0 Å². The lowest BCUT2D eigenvalue weighted by Gasteiger charge is -2.24. The molecule has 0 saturated carbocycles. The number of aromatic nitrogens is 2. The number of hydrogen-bond donors (Lipinski definition) is 1. The Morgan fingerprint density at radius 3 is 2.74 bits per heavy atom. The van der Waals surface area contributed by atoms with Gasteiger partial charge in [0.15, 0.2) is 0 Å². The number of amides is 2. The largest absolute Gasteiger partial charge is 0.496 e. The third-order valence-corrected chi connectivity index (χ3v) is 3.85. The molecule has 1 saturated heterocycles. The molecular formula is C15H14FN3O4. The molecule has 1 aromatic carbocycles. The molecule has 1 aliphatic rings. The van der Waals surface area contributed by atoms with Gasteiger partial charge in [-0.2, -0.15) is 0 Å². The van der Waals surface area contributed by atoms with E-state index in [1.165, 1.54) is 11.7 Å². The molecule has 0 spiro atoms. The number of fused-ring (bicyclic) bond motifs is 1. The Labute approximate surface area is 130 Å². The lowest BCUT2D eigenvalue weighted by Crippen LogP contribution is -2.45. The third-order valence-electron chi connectivity index (χ3n) is 3.85. The lowest BCUT2D eigenvalue weighted by molar-refractivity contribution is -0.135. The molecule has 1 fully saturated rings. The van der Waals surface area contributed by atoms with E-state index < -0.39 is 23.3 Å². The van der Waals surface area contributed by atoms with E-state index >= 15 is 0 Å². The zero-order valence-electron chi connectivity index (χ0n) is 12.6. The van der Waals surface area contributed by atoms with Gasteiger partial charge in [-0.25, -0.2) is 9.37 Å². The van der Waals surface area contributed by atoms with Crippen LogP contribution in [-0.2, 0) is 9.59 Å². The van der Waals surface area contributed by atoms with Gasteiger partial charge >= 0.3 is 0 Å². The van der Waals surface area contributed by atoms with Crippen molar-refractivity contribution < 1.29 is 18.7 Å². The second-order valence-corrected chi connectivity index (χ2v) is 5.30. The van der Waals surface area contributed by atoms with Gasteiger partial charge in [0.05, 0.1) is 12.6 Å². The molecule has 23 heavy (non-hydrogen) atoms. The monoisotopic (exact) mass is 319 g/mol. The molecule has 1 aromatic heterocycles. The number of carbonyl (C=O) groups excluding carboxylic acids is 2. The molecule has 1 atom stereocenters. The van der Waals surface area contributed by atoms with Crippen molar-refractivity contribution in [2.45, 2.75) is 25.8 Å². The second-order valence-electron chi connectivity index (χ2n) is 5.30. The SMILES string of the molecule is COc1cc(F)cc2nc(C)n(C3CCC(=O)NC3=O)c(=O)c12. The first kappa shape index (κ1) is 15.1. The van der Waals surface area contributed by atoms with Crippen LogP contribution in [0.25, 0.3) is 10.9 Å². The molecule has 0 bridgehead atoms. The first-order valence-corrected chi connectivity index (χ1v) is 7.02. The van der Waals surface area contributed by atoms with Gasteiger partial charge < -0.3 is 4.74 Å². The van der Waals surface area contributed by atoms with Gasteiger partial charge in [0.2, 0.25) is 11.8 Å². The number of halogens is 1. The summed E-state index contributed by atoms with van der Waals surface area (Å²) in [5.41, 5.74) is -0.341. The van der Waals surface area contributed by atoms with Gasteiger partial charge in [0, 0.05) is 18.6 Å². The average molecular weight is 319 g/mol. The average Bonchev–Trinajstić information content (AvgIpc) is 2.47. The molecule has 2 aromatic rings. The first-order valence-electron chi connectivity index (χ1n) is 7.02. The van der Waals surface area contributed by atoms with Crippen LogP contribution in [0, 0.1) is 12.7 Å². The molecule has 0 radical (unpaired) electrons. The summed E-state index contributed by atoms with van der Waals surface area (Å²) in [5, 5.41) is 2.31. The van der Waals surface area contributed by atoms with Gasteiger partial charge in [0.1, 0.15) is 28.8 Å². The van der Waals surface area contributed by atoms with Crippen molar-refractivity contribution in [3.05, 3.63) is 34.1 Å². The van der Waals surface area contributed by atoms with Crippen molar-refractivity contribution in [1.82, 2.24) is 14.9 Å². The fourth-order valence-electron chi connectivity index (χ4n) is 2.82. The molecule has 7 nitrogen and oxygen atoms in total. The summed E-state index contributed by atoms with van der Waals surface area (Å²) >= 11 is 0. The van der Waals surface area contributed by atoms with E-state index in [1.54, 1.807) is 6.92 Å². The van der Waals surface area contributed by atoms with Crippen LogP contribution in [0.3, 0.4) is 0 Å². The molecule has 0 aliphatic carbocycles. The Bertz CT molecular complexity index is 890.